The third kappa shape index (κ3) is 5.04. The lowest BCUT2D eigenvalue weighted by Crippen LogP contribution is -2.37. The zero-order valence-corrected chi connectivity index (χ0v) is 17.5. The molecule has 0 radical (unpaired) electrons. The molecule has 0 aromatic heterocycles. The van der Waals surface area contributed by atoms with Crippen molar-refractivity contribution < 1.29 is 33.2 Å². The van der Waals surface area contributed by atoms with Crippen LogP contribution in [-0.4, -0.2) is 24.9 Å². The lowest BCUT2D eigenvalue weighted by atomic mass is 10.1. The van der Waals surface area contributed by atoms with E-state index in [2.05, 4.69) is 0 Å². The van der Waals surface area contributed by atoms with Crippen molar-refractivity contribution in [3.05, 3.63) is 89.5 Å². The molecule has 3 aromatic rings. The zero-order chi connectivity index (χ0) is 22.4. The first-order chi connectivity index (χ1) is 14.9. The average molecular weight is 441 g/mol. The summed E-state index contributed by atoms with van der Waals surface area (Å²) in [6.07, 6.45) is 0.0661. The monoisotopic (exact) mass is 441 g/mol. The van der Waals surface area contributed by atoms with Gasteiger partial charge < -0.3 is 24.2 Å². The van der Waals surface area contributed by atoms with E-state index in [0.29, 0.717) is 17.9 Å². The Balaban J connectivity index is 1.85. The van der Waals surface area contributed by atoms with Crippen molar-refractivity contribution in [3.63, 3.8) is 0 Å². The van der Waals surface area contributed by atoms with Crippen molar-refractivity contribution in [2.45, 2.75) is 24.9 Å². The largest absolute Gasteiger partial charge is 0.769 e. The highest BCUT2D eigenvalue weighted by molar-refractivity contribution is 7.80. The highest BCUT2D eigenvalue weighted by Crippen LogP contribution is 2.36. The second-order valence-electron chi connectivity index (χ2n) is 6.73. The van der Waals surface area contributed by atoms with E-state index in [4.69, 9.17) is 9.47 Å². The molecule has 0 fully saturated rings. The fourth-order valence-corrected chi connectivity index (χ4v) is 3.80. The van der Waals surface area contributed by atoms with E-state index in [-0.39, 0.29) is 17.7 Å². The van der Waals surface area contributed by atoms with E-state index >= 15 is 0 Å². The summed E-state index contributed by atoms with van der Waals surface area (Å²) in [6.45, 7) is 2.02. The van der Waals surface area contributed by atoms with Gasteiger partial charge in [-0.25, -0.2) is 4.79 Å². The van der Waals surface area contributed by atoms with Crippen LogP contribution in [0.1, 0.15) is 34.8 Å². The molecular formula is C23H21O7S-. The van der Waals surface area contributed by atoms with E-state index in [9.17, 15) is 23.8 Å². The maximum absolute atomic E-state index is 12.2. The van der Waals surface area contributed by atoms with Crippen LogP contribution in [0.5, 0.6) is 17.2 Å². The summed E-state index contributed by atoms with van der Waals surface area (Å²) >= 11 is -2.70. The van der Waals surface area contributed by atoms with Crippen LogP contribution in [0.4, 0.5) is 0 Å². The summed E-state index contributed by atoms with van der Waals surface area (Å²) < 4.78 is 36.0. The normalized spacial score (nSPS) is 13.7. The highest BCUT2D eigenvalue weighted by atomic mass is 32.2. The number of rotatable bonds is 9. The number of aromatic hydroxyl groups is 1. The first-order valence-corrected chi connectivity index (χ1v) is 10.5. The Kier molecular flexibility index (Phi) is 6.94. The smallest absolute Gasteiger partial charge is 0.339 e. The van der Waals surface area contributed by atoms with Gasteiger partial charge in [0.25, 0.3) is 0 Å². The lowest BCUT2D eigenvalue weighted by molar-refractivity contribution is 0.0692. The molecule has 3 rings (SSSR count). The maximum Gasteiger partial charge on any atom is 0.339 e. The van der Waals surface area contributed by atoms with E-state index < -0.39 is 27.7 Å². The summed E-state index contributed by atoms with van der Waals surface area (Å²) in [6, 6.07) is 19.7. The fourth-order valence-electron chi connectivity index (χ4n) is 3.07. The molecule has 3 aromatic carbocycles. The first-order valence-electron chi connectivity index (χ1n) is 9.47. The van der Waals surface area contributed by atoms with Gasteiger partial charge in [0.1, 0.15) is 29.4 Å². The predicted octanol–water partition coefficient (Wildman–Crippen LogP) is 4.19. The van der Waals surface area contributed by atoms with E-state index in [1.165, 1.54) is 6.07 Å². The molecule has 162 valence electrons. The molecule has 0 saturated carbocycles. The highest BCUT2D eigenvalue weighted by Gasteiger charge is 2.35. The number of carboxylic acids is 1. The topological polar surface area (TPSA) is 116 Å². The number of ether oxygens (including phenoxy) is 2. The number of carboxylic acid groups (broad SMARTS) is 1. The van der Waals surface area contributed by atoms with Gasteiger partial charge >= 0.3 is 5.97 Å². The van der Waals surface area contributed by atoms with Crippen LogP contribution in [0.15, 0.2) is 72.8 Å². The molecule has 0 saturated heterocycles. The van der Waals surface area contributed by atoms with Gasteiger partial charge in [-0.2, -0.15) is 0 Å². The number of hydrogen-bond donors (Lipinski definition) is 2. The predicted molar refractivity (Wildman–Crippen MR) is 114 cm³/mol. The average Bonchev–Trinajstić information content (AvgIpc) is 2.78. The molecule has 31 heavy (non-hydrogen) atoms. The maximum atomic E-state index is 12.2. The minimum atomic E-state index is -2.70. The SMILES string of the molecule is CCC(Oc1ccc(O)c(C(=O)O)c1)(c1ccc(OCc2ccccc2)cc1)S(=O)[O-]. The van der Waals surface area contributed by atoms with Gasteiger partial charge in [-0.05, 0) is 53.4 Å². The molecule has 7 nitrogen and oxygen atoms in total. The van der Waals surface area contributed by atoms with Gasteiger partial charge in [0, 0.05) is 5.56 Å². The van der Waals surface area contributed by atoms with Crippen LogP contribution in [0.25, 0.3) is 0 Å². The summed E-state index contributed by atoms with van der Waals surface area (Å²) in [4.78, 5) is 9.52. The Hall–Kier alpha value is -3.36. The fraction of sp³-hybridized carbons (Fsp3) is 0.174. The van der Waals surface area contributed by atoms with Gasteiger partial charge in [0.2, 0.25) is 0 Å². The Morgan fingerprint density at radius 3 is 2.26 bits per heavy atom. The Bertz CT molecular complexity index is 1070. The third-order valence-corrected chi connectivity index (χ3v) is 5.90. The van der Waals surface area contributed by atoms with Crippen LogP contribution in [-0.2, 0) is 22.6 Å². The second kappa shape index (κ2) is 9.63. The summed E-state index contributed by atoms with van der Waals surface area (Å²) in [5.41, 5.74) is 0.976. The summed E-state index contributed by atoms with van der Waals surface area (Å²) in [5.74, 6) is -1.23. The lowest BCUT2D eigenvalue weighted by Gasteiger charge is -2.36. The number of hydrogen-bond acceptors (Lipinski definition) is 6. The van der Waals surface area contributed by atoms with Gasteiger partial charge in [-0.15, -0.1) is 0 Å². The second-order valence-corrected chi connectivity index (χ2v) is 7.85. The van der Waals surface area contributed by atoms with Crippen molar-refractivity contribution in [1.82, 2.24) is 0 Å². The van der Waals surface area contributed by atoms with Gasteiger partial charge in [-0.1, -0.05) is 49.4 Å². The molecule has 2 atom stereocenters. The molecule has 0 spiro atoms. The third-order valence-electron chi connectivity index (χ3n) is 4.76. The van der Waals surface area contributed by atoms with Crippen molar-refractivity contribution in [1.29, 1.82) is 0 Å². The molecule has 0 aliphatic heterocycles. The molecule has 8 heteroatoms. The summed E-state index contributed by atoms with van der Waals surface area (Å²) in [7, 11) is 0. The van der Waals surface area contributed by atoms with Gasteiger partial charge in [0.15, 0.2) is 4.93 Å². The Labute approximate surface area is 182 Å². The molecule has 2 N–H and O–H groups in total. The Morgan fingerprint density at radius 1 is 1.03 bits per heavy atom. The number of aromatic carboxylic acids is 1. The molecule has 0 bridgehead atoms. The van der Waals surface area contributed by atoms with Gasteiger partial charge in [0.05, 0.1) is 0 Å². The minimum absolute atomic E-state index is 0.00524. The molecule has 0 aliphatic carbocycles. The first kappa shape index (κ1) is 22.3. The molecule has 0 amide bonds. The number of benzene rings is 3. The molecule has 0 heterocycles. The standard InChI is InChI=1S/C23H22O7S/c1-2-23(31(27)28,30-19-12-13-21(24)20(14-19)22(25)26)17-8-10-18(11-9-17)29-15-16-6-4-3-5-7-16/h3-14,24H,2,15H2,1H3,(H,25,26)(H,27,28)/p-1. The van der Waals surface area contributed by atoms with Crippen LogP contribution in [0.2, 0.25) is 0 Å². The van der Waals surface area contributed by atoms with Gasteiger partial charge in [-0.3, -0.25) is 4.21 Å². The van der Waals surface area contributed by atoms with Crippen molar-refractivity contribution in [2.75, 3.05) is 0 Å². The van der Waals surface area contributed by atoms with Crippen LogP contribution < -0.4 is 9.47 Å². The van der Waals surface area contributed by atoms with Crippen molar-refractivity contribution in [3.8, 4) is 17.2 Å². The molecule has 2 unspecified atom stereocenters. The minimum Gasteiger partial charge on any atom is -0.769 e. The van der Waals surface area contributed by atoms with E-state index in [1.807, 2.05) is 30.3 Å². The van der Waals surface area contributed by atoms with Crippen molar-refractivity contribution in [2.24, 2.45) is 0 Å². The molecular weight excluding hydrogens is 420 g/mol. The zero-order valence-electron chi connectivity index (χ0n) is 16.7. The van der Waals surface area contributed by atoms with Crippen LogP contribution in [0.3, 0.4) is 0 Å². The van der Waals surface area contributed by atoms with Crippen LogP contribution >= 0.6 is 0 Å². The van der Waals surface area contributed by atoms with E-state index in [0.717, 1.165) is 17.7 Å². The number of carbonyl (C=O) groups is 1. The Morgan fingerprint density at radius 2 is 1.68 bits per heavy atom. The number of phenols is 1. The summed E-state index contributed by atoms with van der Waals surface area (Å²) in [5, 5.41) is 18.9. The van der Waals surface area contributed by atoms with Crippen molar-refractivity contribution >= 4 is 17.0 Å². The quantitative estimate of drug-likeness (QED) is 0.478. The van der Waals surface area contributed by atoms with Crippen LogP contribution in [0, 0.1) is 0 Å². The van der Waals surface area contributed by atoms with E-state index in [1.54, 1.807) is 31.2 Å². The molecule has 0 aliphatic rings.